The first-order valence-electron chi connectivity index (χ1n) is 7.36. The lowest BCUT2D eigenvalue weighted by Gasteiger charge is -2.24. The van der Waals surface area contributed by atoms with Gasteiger partial charge in [0.15, 0.2) is 0 Å². The number of allylic oxidation sites excluding steroid dienone is 1. The van der Waals surface area contributed by atoms with E-state index >= 15 is 0 Å². The van der Waals surface area contributed by atoms with E-state index in [0.29, 0.717) is 0 Å². The monoisotopic (exact) mass is 252 g/mol. The highest BCUT2D eigenvalue weighted by molar-refractivity contribution is 5.96. The summed E-state index contributed by atoms with van der Waals surface area (Å²) in [6.07, 6.45) is 9.26. The Balaban J connectivity index is 3.80. The molecule has 0 aliphatic rings. The lowest BCUT2D eigenvalue weighted by atomic mass is 9.97. The molecule has 0 rings (SSSR count). The molecule has 0 aliphatic carbocycles. The standard InChI is InChI=1S/C16H32N2/c1-7-8-9-10-11-12-13-16(5,6)18-17-15(4)14(2)3/h18H,2,7-13H2,1,3-6H3. The van der Waals surface area contributed by atoms with E-state index in [4.69, 9.17) is 0 Å². The van der Waals surface area contributed by atoms with Crippen molar-refractivity contribution in [2.45, 2.75) is 85.1 Å². The van der Waals surface area contributed by atoms with E-state index in [1.165, 1.54) is 44.9 Å². The molecule has 18 heavy (non-hydrogen) atoms. The van der Waals surface area contributed by atoms with E-state index in [0.717, 1.165) is 11.3 Å². The molecule has 0 aromatic carbocycles. The third kappa shape index (κ3) is 9.26. The molecule has 0 aliphatic heterocycles. The van der Waals surface area contributed by atoms with Gasteiger partial charge in [-0.3, -0.25) is 0 Å². The highest BCUT2D eigenvalue weighted by Crippen LogP contribution is 2.15. The van der Waals surface area contributed by atoms with Crippen LogP contribution in [0.5, 0.6) is 0 Å². The van der Waals surface area contributed by atoms with Crippen LogP contribution in [0.3, 0.4) is 0 Å². The third-order valence-electron chi connectivity index (χ3n) is 3.30. The van der Waals surface area contributed by atoms with Gasteiger partial charge in [0.1, 0.15) is 0 Å². The molecule has 0 fully saturated rings. The van der Waals surface area contributed by atoms with Gasteiger partial charge in [-0.25, -0.2) is 0 Å². The summed E-state index contributed by atoms with van der Waals surface area (Å²) in [4.78, 5) is 0. The molecular formula is C16H32N2. The molecule has 0 radical (unpaired) electrons. The van der Waals surface area contributed by atoms with Gasteiger partial charge in [-0.1, -0.05) is 52.0 Å². The van der Waals surface area contributed by atoms with Crippen LogP contribution in [-0.4, -0.2) is 11.3 Å². The first-order chi connectivity index (χ1) is 8.39. The van der Waals surface area contributed by atoms with Crippen LogP contribution in [0.4, 0.5) is 0 Å². The van der Waals surface area contributed by atoms with Crippen LogP contribution in [0.1, 0.15) is 79.6 Å². The topological polar surface area (TPSA) is 24.4 Å². The van der Waals surface area contributed by atoms with Gasteiger partial charge in [0.05, 0.1) is 5.71 Å². The third-order valence-corrected chi connectivity index (χ3v) is 3.30. The Hall–Kier alpha value is -0.790. The van der Waals surface area contributed by atoms with Crippen LogP contribution in [0.25, 0.3) is 0 Å². The van der Waals surface area contributed by atoms with Crippen LogP contribution < -0.4 is 5.43 Å². The zero-order chi connectivity index (χ0) is 14.0. The fourth-order valence-corrected chi connectivity index (χ4v) is 1.73. The fourth-order valence-electron chi connectivity index (χ4n) is 1.73. The van der Waals surface area contributed by atoms with Gasteiger partial charge in [-0.2, -0.15) is 5.10 Å². The molecule has 0 saturated carbocycles. The number of nitrogens with one attached hydrogen (secondary N) is 1. The van der Waals surface area contributed by atoms with Gasteiger partial charge in [-0.15, -0.1) is 0 Å². The van der Waals surface area contributed by atoms with Gasteiger partial charge in [-0.05, 0) is 39.7 Å². The quantitative estimate of drug-likeness (QED) is 0.328. The minimum Gasteiger partial charge on any atom is -0.304 e. The Labute approximate surface area is 114 Å². The summed E-state index contributed by atoms with van der Waals surface area (Å²) in [5, 5.41) is 4.39. The lowest BCUT2D eigenvalue weighted by molar-refractivity contribution is 0.355. The Morgan fingerprint density at radius 2 is 1.61 bits per heavy atom. The first-order valence-corrected chi connectivity index (χ1v) is 7.36. The minimum absolute atomic E-state index is 0.0848. The predicted molar refractivity (Wildman–Crippen MR) is 83.1 cm³/mol. The summed E-state index contributed by atoms with van der Waals surface area (Å²) in [5.41, 5.74) is 5.37. The highest BCUT2D eigenvalue weighted by Gasteiger charge is 2.15. The van der Waals surface area contributed by atoms with Crippen LogP contribution in [0.2, 0.25) is 0 Å². The van der Waals surface area contributed by atoms with Crippen LogP contribution in [0.15, 0.2) is 17.3 Å². The van der Waals surface area contributed by atoms with Crippen molar-refractivity contribution >= 4 is 5.71 Å². The maximum Gasteiger partial charge on any atom is 0.0595 e. The number of hydrazone groups is 1. The molecule has 0 aromatic rings. The lowest BCUT2D eigenvalue weighted by Crippen LogP contribution is -2.36. The molecule has 0 saturated heterocycles. The smallest absolute Gasteiger partial charge is 0.0595 e. The Morgan fingerprint density at radius 1 is 1.06 bits per heavy atom. The van der Waals surface area contributed by atoms with Crippen molar-refractivity contribution in [1.82, 2.24) is 5.43 Å². The number of unbranched alkanes of at least 4 members (excludes halogenated alkanes) is 5. The second-order valence-corrected chi connectivity index (χ2v) is 5.99. The van der Waals surface area contributed by atoms with Gasteiger partial charge >= 0.3 is 0 Å². The van der Waals surface area contributed by atoms with Crippen molar-refractivity contribution in [3.8, 4) is 0 Å². The molecule has 0 unspecified atom stereocenters. The summed E-state index contributed by atoms with van der Waals surface area (Å²) in [7, 11) is 0. The molecule has 1 N–H and O–H groups in total. The van der Waals surface area contributed by atoms with Crippen molar-refractivity contribution in [3.05, 3.63) is 12.2 Å². The average Bonchev–Trinajstić information content (AvgIpc) is 2.30. The van der Waals surface area contributed by atoms with Gasteiger partial charge in [0.25, 0.3) is 0 Å². The maximum atomic E-state index is 4.39. The van der Waals surface area contributed by atoms with E-state index in [9.17, 15) is 0 Å². The summed E-state index contributed by atoms with van der Waals surface area (Å²) in [6, 6.07) is 0. The van der Waals surface area contributed by atoms with Crippen molar-refractivity contribution in [2.75, 3.05) is 0 Å². The van der Waals surface area contributed by atoms with E-state index in [-0.39, 0.29) is 5.54 Å². The van der Waals surface area contributed by atoms with Crippen molar-refractivity contribution < 1.29 is 0 Å². The van der Waals surface area contributed by atoms with E-state index in [1.807, 2.05) is 13.8 Å². The average molecular weight is 252 g/mol. The molecule has 106 valence electrons. The Kier molecular flexibility index (Phi) is 8.78. The predicted octanol–water partition coefficient (Wildman–Crippen LogP) is 5.06. The zero-order valence-corrected chi connectivity index (χ0v) is 13.1. The second kappa shape index (κ2) is 9.18. The largest absolute Gasteiger partial charge is 0.304 e. The van der Waals surface area contributed by atoms with E-state index in [1.54, 1.807) is 0 Å². The maximum absolute atomic E-state index is 4.39. The number of hydrogen-bond donors (Lipinski definition) is 1. The number of hydrogen-bond acceptors (Lipinski definition) is 2. The van der Waals surface area contributed by atoms with Crippen LogP contribution in [-0.2, 0) is 0 Å². The van der Waals surface area contributed by atoms with Crippen LogP contribution in [0, 0.1) is 0 Å². The molecule has 2 heteroatoms. The highest BCUT2D eigenvalue weighted by atomic mass is 15.3. The van der Waals surface area contributed by atoms with Gasteiger partial charge in [0.2, 0.25) is 0 Å². The molecule has 0 bridgehead atoms. The Morgan fingerprint density at radius 3 is 2.17 bits per heavy atom. The summed E-state index contributed by atoms with van der Waals surface area (Å²) in [6.45, 7) is 14.6. The van der Waals surface area contributed by atoms with Gasteiger partial charge in [0, 0.05) is 5.54 Å². The molecule has 0 spiro atoms. The molecule has 2 nitrogen and oxygen atoms in total. The number of nitrogens with zero attached hydrogens (tertiary/aromatic N) is 1. The van der Waals surface area contributed by atoms with E-state index < -0.39 is 0 Å². The van der Waals surface area contributed by atoms with Crippen LogP contribution >= 0.6 is 0 Å². The second-order valence-electron chi connectivity index (χ2n) is 5.99. The van der Waals surface area contributed by atoms with Gasteiger partial charge < -0.3 is 5.43 Å². The SMILES string of the molecule is C=C(C)C(C)=NNC(C)(C)CCCCCCCC. The summed E-state index contributed by atoms with van der Waals surface area (Å²) >= 11 is 0. The minimum atomic E-state index is 0.0848. The first kappa shape index (κ1) is 17.2. The van der Waals surface area contributed by atoms with Crippen molar-refractivity contribution in [1.29, 1.82) is 0 Å². The molecular weight excluding hydrogens is 220 g/mol. The Bertz CT molecular complexity index is 264. The molecule has 0 aromatic heterocycles. The zero-order valence-electron chi connectivity index (χ0n) is 13.1. The normalized spacial score (nSPS) is 12.6. The fraction of sp³-hybridized carbons (Fsp3) is 0.812. The van der Waals surface area contributed by atoms with Crippen molar-refractivity contribution in [2.24, 2.45) is 5.10 Å². The summed E-state index contributed by atoms with van der Waals surface area (Å²) < 4.78 is 0. The molecule has 0 atom stereocenters. The molecule has 0 heterocycles. The molecule has 0 amide bonds. The number of rotatable bonds is 10. The summed E-state index contributed by atoms with van der Waals surface area (Å²) in [5.74, 6) is 0. The van der Waals surface area contributed by atoms with E-state index in [2.05, 4.69) is 37.9 Å². The van der Waals surface area contributed by atoms with Crippen molar-refractivity contribution in [3.63, 3.8) is 0 Å².